The highest BCUT2D eigenvalue weighted by atomic mass is 127. The number of allylic oxidation sites excluding steroid dienone is 2. The fraction of sp³-hybridized carbons (Fsp3) is 0.278. The second-order valence-electron chi connectivity index (χ2n) is 5.15. The Bertz CT molecular complexity index is 733. The van der Waals surface area contributed by atoms with Crippen molar-refractivity contribution >= 4 is 40.5 Å². The van der Waals surface area contributed by atoms with Gasteiger partial charge in [0.15, 0.2) is 28.8 Å². The lowest BCUT2D eigenvalue weighted by Crippen LogP contribution is -2.13. The van der Waals surface area contributed by atoms with Gasteiger partial charge in [0.05, 0.1) is 19.8 Å². The zero-order valence-electron chi connectivity index (χ0n) is 14.4. The Labute approximate surface area is 160 Å². The van der Waals surface area contributed by atoms with E-state index in [0.29, 0.717) is 16.7 Å². The van der Waals surface area contributed by atoms with Gasteiger partial charge in [-0.2, -0.15) is 0 Å². The van der Waals surface area contributed by atoms with Crippen molar-refractivity contribution in [3.63, 3.8) is 0 Å². The summed E-state index contributed by atoms with van der Waals surface area (Å²) in [6.45, 7) is 2.95. The summed E-state index contributed by atoms with van der Waals surface area (Å²) in [6, 6.07) is 6.71. The molecule has 1 aromatic rings. The summed E-state index contributed by atoms with van der Waals surface area (Å²) in [5, 5.41) is 0. The largest absolute Gasteiger partial charge is 0.500 e. The van der Waals surface area contributed by atoms with Gasteiger partial charge in [-0.15, -0.1) is 0 Å². The maximum absolute atomic E-state index is 12.5. The van der Waals surface area contributed by atoms with Gasteiger partial charge in [0.1, 0.15) is 6.26 Å². The van der Waals surface area contributed by atoms with Gasteiger partial charge in [-0.3, -0.25) is 9.59 Å². The molecular formula is C18H19IO6. The van der Waals surface area contributed by atoms with E-state index in [4.69, 9.17) is 9.47 Å². The minimum atomic E-state index is -0.478. The van der Waals surface area contributed by atoms with Crippen molar-refractivity contribution in [3.05, 3.63) is 58.6 Å². The van der Waals surface area contributed by atoms with Crippen molar-refractivity contribution in [2.45, 2.75) is 20.3 Å². The summed E-state index contributed by atoms with van der Waals surface area (Å²) in [5.41, 5.74) is 1.69. The molecule has 0 aliphatic heterocycles. The normalized spacial score (nSPS) is 12.1. The highest BCUT2D eigenvalue weighted by molar-refractivity contribution is 14.1. The van der Waals surface area contributed by atoms with E-state index in [1.54, 1.807) is 31.2 Å². The van der Waals surface area contributed by atoms with Crippen molar-refractivity contribution < 1.29 is 26.9 Å². The quantitative estimate of drug-likeness (QED) is 0.338. The molecule has 1 aromatic carbocycles. The molecule has 6 nitrogen and oxygen atoms in total. The Morgan fingerprint density at radius 1 is 1.16 bits per heavy atom. The van der Waals surface area contributed by atoms with Gasteiger partial charge in [0, 0.05) is 17.6 Å². The number of benzene rings is 1. The van der Waals surface area contributed by atoms with E-state index in [1.807, 2.05) is 0 Å². The number of halogens is 1. The minimum Gasteiger partial charge on any atom is -0.500 e. The average molecular weight is 458 g/mol. The summed E-state index contributed by atoms with van der Waals surface area (Å²) >= 11 is 1.51. The topological polar surface area (TPSA) is 78.9 Å². The van der Waals surface area contributed by atoms with Gasteiger partial charge in [-0.25, -0.2) is 4.79 Å². The van der Waals surface area contributed by atoms with Gasteiger partial charge in [-0.05, 0) is 31.5 Å². The number of rotatable bonds is 8. The SMILES string of the molecule is CO/C=C(\OC)C(=O)/C(C)=C(/Cc1cccc(C(=O)OI)c1)C(C)=O. The number of carbonyl (C=O) groups excluding carboxylic acids is 3. The summed E-state index contributed by atoms with van der Waals surface area (Å²) in [4.78, 5) is 36.1. The van der Waals surface area contributed by atoms with Crippen LogP contribution in [0.3, 0.4) is 0 Å². The predicted octanol–water partition coefficient (Wildman–Crippen LogP) is 3.34. The van der Waals surface area contributed by atoms with Crippen molar-refractivity contribution in [3.8, 4) is 0 Å². The molecule has 0 aromatic heterocycles. The van der Waals surface area contributed by atoms with Crippen molar-refractivity contribution in [2.75, 3.05) is 14.2 Å². The number of hydrogen-bond acceptors (Lipinski definition) is 6. The number of Topliss-reactive ketones (excluding diaryl/α,β-unsaturated/α-hetero) is 2. The molecule has 0 unspecified atom stereocenters. The van der Waals surface area contributed by atoms with Crippen molar-refractivity contribution in [1.29, 1.82) is 0 Å². The second-order valence-corrected chi connectivity index (χ2v) is 5.59. The van der Waals surface area contributed by atoms with Crippen LogP contribution in [0.1, 0.15) is 29.8 Å². The number of ketones is 2. The number of carbonyl (C=O) groups is 3. The van der Waals surface area contributed by atoms with E-state index in [9.17, 15) is 14.4 Å². The molecule has 0 spiro atoms. The Hall–Kier alpha value is -2.16. The fourth-order valence-electron chi connectivity index (χ4n) is 2.20. The van der Waals surface area contributed by atoms with Crippen LogP contribution in [0, 0.1) is 0 Å². The summed E-state index contributed by atoms with van der Waals surface area (Å²) in [5.74, 6) is -1.15. The van der Waals surface area contributed by atoms with Gasteiger partial charge in [0.25, 0.3) is 0 Å². The molecule has 25 heavy (non-hydrogen) atoms. The van der Waals surface area contributed by atoms with E-state index >= 15 is 0 Å². The summed E-state index contributed by atoms with van der Waals surface area (Å²) in [7, 11) is 2.75. The second kappa shape index (κ2) is 9.97. The third kappa shape index (κ3) is 5.70. The first-order valence-corrected chi connectivity index (χ1v) is 8.18. The smallest absolute Gasteiger partial charge is 0.347 e. The third-order valence-electron chi connectivity index (χ3n) is 3.50. The summed E-state index contributed by atoms with van der Waals surface area (Å²) < 4.78 is 14.5. The van der Waals surface area contributed by atoms with Crippen LogP contribution >= 0.6 is 23.0 Å². The van der Waals surface area contributed by atoms with Crippen LogP contribution < -0.4 is 0 Å². The Morgan fingerprint density at radius 2 is 1.84 bits per heavy atom. The zero-order valence-corrected chi connectivity index (χ0v) is 16.6. The molecule has 134 valence electrons. The highest BCUT2D eigenvalue weighted by Gasteiger charge is 2.20. The first-order chi connectivity index (χ1) is 11.8. The molecule has 1 rings (SSSR count). The lowest BCUT2D eigenvalue weighted by molar-refractivity contribution is -0.117. The number of methoxy groups -OCH3 is 2. The van der Waals surface area contributed by atoms with Crippen molar-refractivity contribution in [1.82, 2.24) is 0 Å². The van der Waals surface area contributed by atoms with Crippen LogP contribution in [0.2, 0.25) is 0 Å². The lowest BCUT2D eigenvalue weighted by atomic mass is 9.94. The maximum atomic E-state index is 12.5. The van der Waals surface area contributed by atoms with E-state index in [0.717, 1.165) is 0 Å². The van der Waals surface area contributed by atoms with Crippen LogP contribution in [-0.4, -0.2) is 31.8 Å². The Morgan fingerprint density at radius 3 is 2.36 bits per heavy atom. The maximum Gasteiger partial charge on any atom is 0.347 e. The molecular weight excluding hydrogens is 439 g/mol. The van der Waals surface area contributed by atoms with Crippen LogP contribution in [-0.2, 0) is 28.5 Å². The zero-order chi connectivity index (χ0) is 19.0. The predicted molar refractivity (Wildman–Crippen MR) is 100 cm³/mol. The minimum absolute atomic E-state index is 0.000917. The Balaban J connectivity index is 3.24. The number of ether oxygens (including phenoxy) is 2. The average Bonchev–Trinajstić information content (AvgIpc) is 2.62. The van der Waals surface area contributed by atoms with E-state index in [2.05, 4.69) is 3.07 Å². The van der Waals surface area contributed by atoms with E-state index in [1.165, 1.54) is 50.4 Å². The molecule has 7 heteroatoms. The molecule has 0 saturated heterocycles. The molecule has 0 aliphatic rings. The standard InChI is InChI=1S/C18H19IO6/c1-11(17(21)16(24-4)10-23-3)15(12(2)20)9-13-6-5-7-14(8-13)18(22)25-19/h5-8,10H,9H2,1-4H3/b15-11-,16-10-. The monoisotopic (exact) mass is 458 g/mol. The molecule has 0 heterocycles. The van der Waals surface area contributed by atoms with Gasteiger partial charge in [0.2, 0.25) is 11.5 Å². The van der Waals surface area contributed by atoms with Crippen molar-refractivity contribution in [2.24, 2.45) is 0 Å². The first-order valence-electron chi connectivity index (χ1n) is 7.29. The van der Waals surface area contributed by atoms with Crippen LogP contribution in [0.5, 0.6) is 0 Å². The molecule has 0 bridgehead atoms. The fourth-order valence-corrected chi connectivity index (χ4v) is 2.46. The van der Waals surface area contributed by atoms with Crippen LogP contribution in [0.25, 0.3) is 0 Å². The molecule has 0 N–H and O–H groups in total. The molecule has 0 fully saturated rings. The Kier molecular flexibility index (Phi) is 8.33. The summed E-state index contributed by atoms with van der Waals surface area (Å²) in [6.07, 6.45) is 1.39. The molecule has 0 aliphatic carbocycles. The van der Waals surface area contributed by atoms with Crippen LogP contribution in [0.15, 0.2) is 47.4 Å². The molecule has 0 amide bonds. The van der Waals surface area contributed by atoms with Gasteiger partial charge < -0.3 is 12.5 Å². The molecule has 0 saturated carbocycles. The van der Waals surface area contributed by atoms with E-state index < -0.39 is 11.8 Å². The van der Waals surface area contributed by atoms with Gasteiger partial charge >= 0.3 is 5.97 Å². The van der Waals surface area contributed by atoms with Gasteiger partial charge in [-0.1, -0.05) is 12.1 Å². The first kappa shape index (κ1) is 20.9. The molecule has 0 radical (unpaired) electrons. The third-order valence-corrected chi connectivity index (χ3v) is 3.90. The van der Waals surface area contributed by atoms with Crippen LogP contribution in [0.4, 0.5) is 0 Å². The van der Waals surface area contributed by atoms with E-state index in [-0.39, 0.29) is 23.5 Å². The number of hydrogen-bond donors (Lipinski definition) is 0. The lowest BCUT2D eigenvalue weighted by Gasteiger charge is -2.11. The highest BCUT2D eigenvalue weighted by Crippen LogP contribution is 2.19. The molecule has 0 atom stereocenters.